The van der Waals surface area contributed by atoms with Crippen LogP contribution >= 0.6 is 0 Å². The minimum atomic E-state index is -0.151. The van der Waals surface area contributed by atoms with Gasteiger partial charge in [-0.25, -0.2) is 0 Å². The van der Waals surface area contributed by atoms with Gasteiger partial charge in [-0.1, -0.05) is 66.2 Å². The summed E-state index contributed by atoms with van der Waals surface area (Å²) in [5.41, 5.74) is 0. The van der Waals surface area contributed by atoms with Crippen molar-refractivity contribution in [1.82, 2.24) is 5.32 Å². The van der Waals surface area contributed by atoms with Crippen molar-refractivity contribution in [3.8, 4) is 0 Å². The van der Waals surface area contributed by atoms with Crippen LogP contribution in [0.5, 0.6) is 0 Å². The van der Waals surface area contributed by atoms with Gasteiger partial charge < -0.3 is 24.3 Å². The van der Waals surface area contributed by atoms with Crippen molar-refractivity contribution >= 4 is 0 Å². The summed E-state index contributed by atoms with van der Waals surface area (Å²) in [6.07, 6.45) is 10.6. The molecule has 27 heavy (non-hydrogen) atoms. The van der Waals surface area contributed by atoms with Gasteiger partial charge >= 0.3 is 0 Å². The maximum atomic E-state index is 5.97. The SMILES string of the molecule is CCCCCCOC(CNCCC1OCC(C(C)C)O1)OCCCCCC. The summed E-state index contributed by atoms with van der Waals surface area (Å²) >= 11 is 0. The van der Waals surface area contributed by atoms with Crippen LogP contribution in [-0.2, 0) is 18.9 Å². The van der Waals surface area contributed by atoms with Crippen molar-refractivity contribution in [2.75, 3.05) is 32.9 Å². The molecule has 0 aromatic carbocycles. The molecule has 1 fully saturated rings. The van der Waals surface area contributed by atoms with Crippen LogP contribution in [0.3, 0.4) is 0 Å². The summed E-state index contributed by atoms with van der Waals surface area (Å²) in [6.45, 7) is 12.7. The van der Waals surface area contributed by atoms with E-state index >= 15 is 0 Å². The maximum Gasteiger partial charge on any atom is 0.169 e. The molecule has 0 spiro atoms. The van der Waals surface area contributed by atoms with E-state index in [9.17, 15) is 0 Å². The molecule has 0 radical (unpaired) electrons. The molecule has 0 amide bonds. The Morgan fingerprint density at radius 1 is 0.926 bits per heavy atom. The number of hydrogen-bond acceptors (Lipinski definition) is 5. The largest absolute Gasteiger partial charge is 0.351 e. The van der Waals surface area contributed by atoms with E-state index in [1.165, 1.54) is 38.5 Å². The first-order valence-electron chi connectivity index (χ1n) is 11.4. The van der Waals surface area contributed by atoms with Gasteiger partial charge in [-0.2, -0.15) is 0 Å². The molecule has 2 atom stereocenters. The lowest BCUT2D eigenvalue weighted by Crippen LogP contribution is -2.34. The van der Waals surface area contributed by atoms with Crippen LogP contribution in [-0.4, -0.2) is 51.6 Å². The van der Waals surface area contributed by atoms with Crippen LogP contribution in [0.2, 0.25) is 0 Å². The Kier molecular flexibility index (Phi) is 15.4. The molecule has 0 bridgehead atoms. The van der Waals surface area contributed by atoms with Gasteiger partial charge in [-0.05, 0) is 18.8 Å². The molecular weight excluding hydrogens is 342 g/mol. The summed E-state index contributed by atoms with van der Waals surface area (Å²) in [6, 6.07) is 0. The van der Waals surface area contributed by atoms with Gasteiger partial charge in [0.05, 0.1) is 12.7 Å². The molecule has 1 N–H and O–H groups in total. The molecule has 1 heterocycles. The molecule has 162 valence electrons. The van der Waals surface area contributed by atoms with E-state index in [1.807, 2.05) is 0 Å². The van der Waals surface area contributed by atoms with Gasteiger partial charge in [-0.15, -0.1) is 0 Å². The summed E-state index contributed by atoms with van der Waals surface area (Å²) < 4.78 is 23.6. The second kappa shape index (κ2) is 16.7. The van der Waals surface area contributed by atoms with Crippen LogP contribution < -0.4 is 5.32 Å². The van der Waals surface area contributed by atoms with Crippen molar-refractivity contribution < 1.29 is 18.9 Å². The minimum Gasteiger partial charge on any atom is -0.351 e. The number of ether oxygens (including phenoxy) is 4. The molecule has 1 saturated heterocycles. The highest BCUT2D eigenvalue weighted by Crippen LogP contribution is 2.19. The van der Waals surface area contributed by atoms with Crippen LogP contribution in [0.25, 0.3) is 0 Å². The minimum absolute atomic E-state index is 0.0757. The second-order valence-electron chi connectivity index (χ2n) is 7.97. The fourth-order valence-corrected chi connectivity index (χ4v) is 3.07. The van der Waals surface area contributed by atoms with Crippen LogP contribution in [0.1, 0.15) is 85.5 Å². The summed E-state index contributed by atoms with van der Waals surface area (Å²) in [7, 11) is 0. The first-order valence-corrected chi connectivity index (χ1v) is 11.4. The molecule has 0 aromatic rings. The van der Waals surface area contributed by atoms with Crippen LogP contribution in [0, 0.1) is 5.92 Å². The fourth-order valence-electron chi connectivity index (χ4n) is 3.07. The average Bonchev–Trinajstić information content (AvgIpc) is 3.13. The standard InChI is InChI=1S/C22H45NO4/c1-5-7-9-11-15-24-22(25-16-12-10-8-6-2)17-23-14-13-21-26-18-20(27-21)19(3)4/h19-23H,5-18H2,1-4H3. The number of rotatable bonds is 18. The molecule has 0 aliphatic carbocycles. The van der Waals surface area contributed by atoms with E-state index in [0.29, 0.717) is 12.5 Å². The van der Waals surface area contributed by atoms with Crippen LogP contribution in [0.15, 0.2) is 0 Å². The Morgan fingerprint density at radius 2 is 1.56 bits per heavy atom. The molecule has 5 nitrogen and oxygen atoms in total. The van der Waals surface area contributed by atoms with Crippen molar-refractivity contribution in [3.63, 3.8) is 0 Å². The van der Waals surface area contributed by atoms with Gasteiger partial charge in [0.25, 0.3) is 0 Å². The molecular formula is C22H45NO4. The van der Waals surface area contributed by atoms with E-state index in [0.717, 1.165) is 45.6 Å². The predicted molar refractivity (Wildman–Crippen MR) is 111 cm³/mol. The Morgan fingerprint density at radius 3 is 2.07 bits per heavy atom. The van der Waals surface area contributed by atoms with E-state index in [1.54, 1.807) is 0 Å². The van der Waals surface area contributed by atoms with E-state index in [-0.39, 0.29) is 18.7 Å². The summed E-state index contributed by atoms with van der Waals surface area (Å²) in [4.78, 5) is 0. The van der Waals surface area contributed by atoms with Gasteiger partial charge in [0.15, 0.2) is 12.6 Å². The fraction of sp³-hybridized carbons (Fsp3) is 1.00. The lowest BCUT2D eigenvalue weighted by Gasteiger charge is -2.20. The Hall–Kier alpha value is -0.200. The summed E-state index contributed by atoms with van der Waals surface area (Å²) in [5, 5.41) is 3.45. The van der Waals surface area contributed by atoms with E-state index in [4.69, 9.17) is 18.9 Å². The molecule has 1 rings (SSSR count). The highest BCUT2D eigenvalue weighted by Gasteiger charge is 2.27. The highest BCUT2D eigenvalue weighted by atomic mass is 16.7. The second-order valence-corrected chi connectivity index (χ2v) is 7.97. The van der Waals surface area contributed by atoms with Crippen molar-refractivity contribution in [2.24, 2.45) is 5.92 Å². The maximum absolute atomic E-state index is 5.97. The highest BCUT2D eigenvalue weighted by molar-refractivity contribution is 4.69. The molecule has 1 aliphatic rings. The van der Waals surface area contributed by atoms with Crippen LogP contribution in [0.4, 0.5) is 0 Å². The van der Waals surface area contributed by atoms with Crippen molar-refractivity contribution in [2.45, 2.75) is 104 Å². The third kappa shape index (κ3) is 12.8. The number of unbranched alkanes of at least 4 members (excludes halogenated alkanes) is 6. The molecule has 2 unspecified atom stereocenters. The van der Waals surface area contributed by atoms with Crippen molar-refractivity contribution in [3.05, 3.63) is 0 Å². The lowest BCUT2D eigenvalue weighted by atomic mass is 10.1. The lowest BCUT2D eigenvalue weighted by molar-refractivity contribution is -0.141. The quantitative estimate of drug-likeness (QED) is 0.268. The van der Waals surface area contributed by atoms with Crippen molar-refractivity contribution in [1.29, 1.82) is 0 Å². The molecule has 5 heteroatoms. The zero-order chi connectivity index (χ0) is 19.7. The zero-order valence-electron chi connectivity index (χ0n) is 18.3. The van der Waals surface area contributed by atoms with Gasteiger partial charge in [0.2, 0.25) is 0 Å². The van der Waals surface area contributed by atoms with E-state index in [2.05, 4.69) is 33.0 Å². The molecule has 0 saturated carbocycles. The zero-order valence-corrected chi connectivity index (χ0v) is 18.3. The monoisotopic (exact) mass is 387 g/mol. The number of nitrogens with one attached hydrogen (secondary N) is 1. The average molecular weight is 388 g/mol. The normalized spacial score (nSPS) is 20.2. The Bertz CT molecular complexity index is 313. The van der Waals surface area contributed by atoms with Gasteiger partial charge in [-0.3, -0.25) is 0 Å². The number of hydrogen-bond donors (Lipinski definition) is 1. The van der Waals surface area contributed by atoms with Gasteiger partial charge in [0, 0.05) is 32.7 Å². The van der Waals surface area contributed by atoms with Gasteiger partial charge in [0.1, 0.15) is 0 Å². The topological polar surface area (TPSA) is 49.0 Å². The third-order valence-corrected chi connectivity index (χ3v) is 4.99. The molecule has 1 aliphatic heterocycles. The third-order valence-electron chi connectivity index (χ3n) is 4.99. The molecule has 0 aromatic heterocycles. The predicted octanol–water partition coefficient (Wildman–Crippen LogP) is 4.88. The smallest absolute Gasteiger partial charge is 0.169 e. The Balaban J connectivity index is 2.16. The van der Waals surface area contributed by atoms with E-state index < -0.39 is 0 Å². The first kappa shape index (κ1) is 24.8. The first-order chi connectivity index (χ1) is 13.2. The Labute approximate surface area is 167 Å². The summed E-state index contributed by atoms with van der Waals surface area (Å²) in [5.74, 6) is 0.509.